The van der Waals surface area contributed by atoms with Gasteiger partial charge in [0.25, 0.3) is 11.8 Å². The van der Waals surface area contributed by atoms with Crippen LogP contribution in [0.1, 0.15) is 77.9 Å². The zero-order valence-electron chi connectivity index (χ0n) is 24.5. The van der Waals surface area contributed by atoms with Gasteiger partial charge in [-0.05, 0) is 93.0 Å². The molecule has 1 saturated carbocycles. The molecule has 0 saturated heterocycles. The molecule has 3 atom stereocenters. The van der Waals surface area contributed by atoms with Crippen LogP contribution < -0.4 is 10.6 Å². The Bertz CT molecular complexity index is 1640. The van der Waals surface area contributed by atoms with Crippen LogP contribution in [0.5, 0.6) is 0 Å². The van der Waals surface area contributed by atoms with Gasteiger partial charge in [0.15, 0.2) is 0 Å². The second-order valence-electron chi connectivity index (χ2n) is 11.5. The summed E-state index contributed by atoms with van der Waals surface area (Å²) in [6.45, 7) is 4.21. The Labute approximate surface area is 262 Å². The minimum atomic E-state index is -4.72. The van der Waals surface area contributed by atoms with Crippen molar-refractivity contribution in [2.45, 2.75) is 70.7 Å². The molecule has 1 unspecified atom stereocenters. The number of fused-ring (bicyclic) bond motifs is 1. The number of nitrogens with zero attached hydrogens (tertiary/aromatic N) is 2. The Morgan fingerprint density at radius 1 is 1.00 bits per heavy atom. The van der Waals surface area contributed by atoms with E-state index in [1.807, 2.05) is 19.1 Å². The number of carbonyl (C=O) groups excluding carboxylic acids is 2. The van der Waals surface area contributed by atoms with E-state index in [1.165, 1.54) is 6.07 Å². The molecule has 3 aromatic rings. The lowest BCUT2D eigenvalue weighted by atomic mass is 9.88. The smallest absolute Gasteiger partial charge is 0.391 e. The van der Waals surface area contributed by atoms with Crippen molar-refractivity contribution in [3.8, 4) is 0 Å². The van der Waals surface area contributed by atoms with E-state index in [0.717, 1.165) is 36.5 Å². The zero-order chi connectivity index (χ0) is 31.6. The zero-order valence-corrected chi connectivity index (χ0v) is 26.1. The third-order valence-corrected chi connectivity index (χ3v) is 8.98. The first-order valence-corrected chi connectivity index (χ1v) is 15.5. The Balaban J connectivity index is 1.36. The fraction of sp³-hybridized carbons (Fsp3) is 0.394. The van der Waals surface area contributed by atoms with Gasteiger partial charge in [0.05, 0.1) is 34.6 Å². The van der Waals surface area contributed by atoms with Gasteiger partial charge in [-0.3, -0.25) is 14.6 Å². The van der Waals surface area contributed by atoms with Gasteiger partial charge in [-0.2, -0.15) is 13.2 Å². The number of benzene rings is 2. The predicted octanol–water partition coefficient (Wildman–Crippen LogP) is 6.78. The van der Waals surface area contributed by atoms with Crippen LogP contribution in [-0.2, 0) is 12.6 Å². The molecule has 0 radical (unpaired) electrons. The molecule has 232 valence electrons. The van der Waals surface area contributed by atoms with Crippen LogP contribution in [0, 0.1) is 5.92 Å². The number of amides is 2. The third-order valence-electron chi connectivity index (χ3n) is 8.48. The monoisotopic (exact) mass is 670 g/mol. The van der Waals surface area contributed by atoms with Crippen molar-refractivity contribution in [1.29, 1.82) is 0 Å². The molecule has 11 heteroatoms. The molecular weight excluding hydrogens is 637 g/mol. The Hall–Kier alpha value is -3.57. The number of aliphatic hydroxyl groups is 1. The van der Waals surface area contributed by atoms with Crippen molar-refractivity contribution in [2.24, 2.45) is 10.9 Å². The highest BCUT2D eigenvalue weighted by atomic mass is 79.9. The average Bonchev–Trinajstić information content (AvgIpc) is 3.11. The second-order valence-corrected chi connectivity index (χ2v) is 12.4. The van der Waals surface area contributed by atoms with Crippen LogP contribution >= 0.6 is 15.9 Å². The number of allylic oxidation sites excluding steroid dienone is 2. The number of rotatable bonds is 6. The van der Waals surface area contributed by atoms with Gasteiger partial charge in [0.1, 0.15) is 5.69 Å². The van der Waals surface area contributed by atoms with Gasteiger partial charge in [0, 0.05) is 22.0 Å². The van der Waals surface area contributed by atoms with E-state index in [4.69, 9.17) is 0 Å². The lowest BCUT2D eigenvalue weighted by molar-refractivity contribution is -0.141. The first-order valence-electron chi connectivity index (χ1n) is 14.7. The molecule has 7 nitrogen and oxygen atoms in total. The topological polar surface area (TPSA) is 104 Å². The maximum absolute atomic E-state index is 13.7. The molecule has 2 heterocycles. The number of aliphatic imine (C=N–C) groups is 1. The number of hydrogen-bond acceptors (Lipinski definition) is 5. The van der Waals surface area contributed by atoms with E-state index in [-0.39, 0.29) is 28.9 Å². The lowest BCUT2D eigenvalue weighted by Crippen LogP contribution is -2.45. The standard InChI is InChI=1S/C33H34BrF3N4O3/c1-18-22(15-20-7-9-21(10-8-20)31(43)40-27-5-3-4-6-28(27)42)13-14-38-19(2)30(18)41-32(44)25-17-29(33(35,36)37)39-26-12-11-23(34)16-24(25)26/h7-12,16-17,22,27-28,42H,3-6,13-15H2,1-2H3,(H,40,43)(H,41,44)/t22?,27-,28-/m0/s1. The molecular formula is C33H34BrF3N4O3. The molecule has 0 bridgehead atoms. The maximum atomic E-state index is 13.7. The quantitative estimate of drug-likeness (QED) is 0.269. The molecule has 2 aliphatic rings. The molecule has 0 spiro atoms. The summed E-state index contributed by atoms with van der Waals surface area (Å²) in [5.41, 5.74) is 2.27. The Kier molecular flexibility index (Phi) is 9.55. The van der Waals surface area contributed by atoms with E-state index in [9.17, 15) is 27.9 Å². The molecule has 3 N–H and O–H groups in total. The van der Waals surface area contributed by atoms with E-state index in [1.54, 1.807) is 31.2 Å². The number of alkyl halides is 3. The number of nitrogens with one attached hydrogen (secondary N) is 2. The summed E-state index contributed by atoms with van der Waals surface area (Å²) in [5.74, 6) is -0.895. The minimum Gasteiger partial charge on any atom is -0.391 e. The highest BCUT2D eigenvalue weighted by Gasteiger charge is 2.34. The summed E-state index contributed by atoms with van der Waals surface area (Å²) < 4.78 is 41.6. The molecule has 1 fully saturated rings. The molecule has 2 amide bonds. The third kappa shape index (κ3) is 7.21. The van der Waals surface area contributed by atoms with Crippen LogP contribution in [0.2, 0.25) is 0 Å². The van der Waals surface area contributed by atoms with Crippen LogP contribution in [0.4, 0.5) is 13.2 Å². The molecule has 2 aromatic carbocycles. The van der Waals surface area contributed by atoms with Gasteiger partial charge in [-0.1, -0.05) is 40.9 Å². The molecule has 1 aliphatic heterocycles. The van der Waals surface area contributed by atoms with Crippen LogP contribution in [-0.4, -0.2) is 46.3 Å². The second kappa shape index (κ2) is 13.2. The van der Waals surface area contributed by atoms with Gasteiger partial charge >= 0.3 is 6.18 Å². The van der Waals surface area contributed by atoms with Crippen molar-refractivity contribution >= 4 is 44.4 Å². The lowest BCUT2D eigenvalue weighted by Gasteiger charge is -2.28. The minimum absolute atomic E-state index is 0.00220. The molecule has 1 aromatic heterocycles. The SMILES string of the molecule is CC1=NCCC(Cc2ccc(C(=O)N[C@H]3CCCC[C@@H]3O)cc2)C(C)=C1NC(=O)c1cc(C(F)(F)F)nc2ccc(Br)cc12. The summed E-state index contributed by atoms with van der Waals surface area (Å²) in [7, 11) is 0. The normalized spacial score (nSPS) is 21.1. The molecule has 44 heavy (non-hydrogen) atoms. The average molecular weight is 672 g/mol. The van der Waals surface area contributed by atoms with Gasteiger partial charge in [-0.25, -0.2) is 4.98 Å². The number of carbonyl (C=O) groups is 2. The summed E-state index contributed by atoms with van der Waals surface area (Å²) >= 11 is 3.34. The van der Waals surface area contributed by atoms with Crippen molar-refractivity contribution in [3.05, 3.63) is 86.7 Å². The van der Waals surface area contributed by atoms with Crippen molar-refractivity contribution in [3.63, 3.8) is 0 Å². The van der Waals surface area contributed by atoms with Gasteiger partial charge in [0.2, 0.25) is 0 Å². The highest BCUT2D eigenvalue weighted by Crippen LogP contribution is 2.33. The molecule has 5 rings (SSSR count). The molecule has 1 aliphatic carbocycles. The first kappa shape index (κ1) is 31.8. The first-order chi connectivity index (χ1) is 20.9. The van der Waals surface area contributed by atoms with E-state index in [2.05, 4.69) is 36.5 Å². The predicted molar refractivity (Wildman–Crippen MR) is 167 cm³/mol. The van der Waals surface area contributed by atoms with E-state index < -0.39 is 23.9 Å². The number of aromatic nitrogens is 1. The van der Waals surface area contributed by atoms with Gasteiger partial charge < -0.3 is 15.7 Å². The van der Waals surface area contributed by atoms with Crippen LogP contribution in [0.15, 0.2) is 69.3 Å². The van der Waals surface area contributed by atoms with E-state index in [0.29, 0.717) is 52.6 Å². The largest absolute Gasteiger partial charge is 0.433 e. The van der Waals surface area contributed by atoms with Gasteiger partial charge in [-0.15, -0.1) is 0 Å². The number of aliphatic hydroxyl groups excluding tert-OH is 1. The summed E-state index contributed by atoms with van der Waals surface area (Å²) in [4.78, 5) is 34.7. The number of pyridine rings is 1. The Morgan fingerprint density at radius 2 is 1.73 bits per heavy atom. The summed E-state index contributed by atoms with van der Waals surface area (Å²) in [5, 5.41) is 16.3. The Morgan fingerprint density at radius 3 is 2.43 bits per heavy atom. The van der Waals surface area contributed by atoms with Crippen molar-refractivity contribution in [2.75, 3.05) is 6.54 Å². The fourth-order valence-corrected chi connectivity index (χ4v) is 6.30. The van der Waals surface area contributed by atoms with Crippen molar-refractivity contribution < 1.29 is 27.9 Å². The number of halogens is 4. The van der Waals surface area contributed by atoms with Crippen LogP contribution in [0.25, 0.3) is 10.9 Å². The maximum Gasteiger partial charge on any atom is 0.433 e. The number of hydrogen-bond donors (Lipinski definition) is 3. The van der Waals surface area contributed by atoms with Crippen LogP contribution in [0.3, 0.4) is 0 Å². The van der Waals surface area contributed by atoms with E-state index >= 15 is 0 Å². The fourth-order valence-electron chi connectivity index (χ4n) is 5.94. The summed E-state index contributed by atoms with van der Waals surface area (Å²) in [6, 6.07) is 12.5. The van der Waals surface area contributed by atoms with Crippen molar-refractivity contribution in [1.82, 2.24) is 15.6 Å². The highest BCUT2D eigenvalue weighted by molar-refractivity contribution is 9.10. The summed E-state index contributed by atoms with van der Waals surface area (Å²) in [6.07, 6.45) is -0.509.